The van der Waals surface area contributed by atoms with Crippen molar-refractivity contribution in [1.29, 1.82) is 0 Å². The van der Waals surface area contributed by atoms with E-state index in [1.807, 2.05) is 6.92 Å². The quantitative estimate of drug-likeness (QED) is 0.343. The fraction of sp³-hybridized carbons (Fsp3) is 0.333. The molecule has 1 heterocycles. The largest absolute Gasteiger partial charge is 0.507 e. The third-order valence-corrected chi connectivity index (χ3v) is 5.48. The zero-order valence-corrected chi connectivity index (χ0v) is 19.0. The average Bonchev–Trinajstić information content (AvgIpc) is 3.06. The molecule has 2 aromatic carbocycles. The Morgan fingerprint density at radius 2 is 1.81 bits per heavy atom. The first-order valence-corrected chi connectivity index (χ1v) is 10.6. The summed E-state index contributed by atoms with van der Waals surface area (Å²) >= 11 is 6.09. The Bertz CT molecular complexity index is 1020. The molecule has 1 amide bonds. The van der Waals surface area contributed by atoms with Gasteiger partial charge in [-0.25, -0.2) is 0 Å². The molecule has 1 aliphatic rings. The number of benzene rings is 2. The van der Waals surface area contributed by atoms with Crippen LogP contribution in [0.15, 0.2) is 48.0 Å². The van der Waals surface area contributed by atoms with E-state index in [1.165, 1.54) is 25.2 Å². The molecular weight excluding hydrogens is 434 g/mol. The van der Waals surface area contributed by atoms with E-state index in [-0.39, 0.29) is 24.5 Å². The summed E-state index contributed by atoms with van der Waals surface area (Å²) in [4.78, 5) is 27.2. The molecule has 0 saturated carbocycles. The van der Waals surface area contributed by atoms with E-state index in [0.717, 1.165) is 6.42 Å². The SMILES string of the molecule is CCCOc1ccc(C2/C(=C(/O)c3ccc(Cl)c(OC)c3)C(=O)C(=O)N2CCOC)cc1. The summed E-state index contributed by atoms with van der Waals surface area (Å²) in [6, 6.07) is 11.0. The first-order chi connectivity index (χ1) is 15.4. The van der Waals surface area contributed by atoms with Gasteiger partial charge in [0.25, 0.3) is 11.7 Å². The summed E-state index contributed by atoms with van der Waals surface area (Å²) < 4.78 is 16.0. The predicted octanol–water partition coefficient (Wildman–Crippen LogP) is 4.21. The van der Waals surface area contributed by atoms with Crippen molar-refractivity contribution in [2.45, 2.75) is 19.4 Å². The molecule has 1 saturated heterocycles. The van der Waals surface area contributed by atoms with Crippen LogP contribution in [0.1, 0.15) is 30.5 Å². The Hall–Kier alpha value is -3.03. The summed E-state index contributed by atoms with van der Waals surface area (Å²) in [7, 11) is 2.97. The lowest BCUT2D eigenvalue weighted by molar-refractivity contribution is -0.140. The van der Waals surface area contributed by atoms with E-state index < -0.39 is 17.7 Å². The van der Waals surface area contributed by atoms with Crippen LogP contribution >= 0.6 is 11.6 Å². The number of ether oxygens (including phenoxy) is 3. The lowest BCUT2D eigenvalue weighted by Gasteiger charge is -2.25. The maximum atomic E-state index is 13.0. The molecule has 0 radical (unpaired) electrons. The van der Waals surface area contributed by atoms with Crippen LogP contribution in [0.4, 0.5) is 0 Å². The fourth-order valence-corrected chi connectivity index (χ4v) is 3.77. The maximum Gasteiger partial charge on any atom is 0.295 e. The third-order valence-electron chi connectivity index (χ3n) is 5.17. The second-order valence-corrected chi connectivity index (χ2v) is 7.66. The molecule has 8 heteroatoms. The normalized spacial score (nSPS) is 17.6. The molecule has 1 aliphatic heterocycles. The van der Waals surface area contributed by atoms with Crippen molar-refractivity contribution in [1.82, 2.24) is 4.90 Å². The number of halogens is 1. The number of carbonyl (C=O) groups is 2. The highest BCUT2D eigenvalue weighted by Crippen LogP contribution is 2.40. The van der Waals surface area contributed by atoms with Crippen LogP contribution in [0.5, 0.6) is 11.5 Å². The lowest BCUT2D eigenvalue weighted by atomic mass is 9.95. The van der Waals surface area contributed by atoms with E-state index in [4.69, 9.17) is 25.8 Å². The van der Waals surface area contributed by atoms with Crippen LogP contribution in [0, 0.1) is 0 Å². The summed E-state index contributed by atoms with van der Waals surface area (Å²) in [5.74, 6) is -0.718. The Morgan fingerprint density at radius 1 is 1.09 bits per heavy atom. The van der Waals surface area contributed by atoms with Crippen molar-refractivity contribution in [3.8, 4) is 11.5 Å². The molecule has 32 heavy (non-hydrogen) atoms. The van der Waals surface area contributed by atoms with Gasteiger partial charge in [-0.3, -0.25) is 9.59 Å². The predicted molar refractivity (Wildman–Crippen MR) is 121 cm³/mol. The van der Waals surface area contributed by atoms with Crippen LogP contribution in [0.2, 0.25) is 5.02 Å². The number of hydrogen-bond donors (Lipinski definition) is 1. The minimum atomic E-state index is -0.771. The Labute approximate surface area is 192 Å². The fourth-order valence-electron chi connectivity index (χ4n) is 3.58. The molecule has 3 rings (SSSR count). The first kappa shape index (κ1) is 23.6. The second kappa shape index (κ2) is 10.5. The Balaban J connectivity index is 2.10. The Kier molecular flexibility index (Phi) is 7.77. The number of rotatable bonds is 9. The van der Waals surface area contributed by atoms with Crippen LogP contribution < -0.4 is 9.47 Å². The van der Waals surface area contributed by atoms with Gasteiger partial charge in [-0.1, -0.05) is 30.7 Å². The zero-order chi connectivity index (χ0) is 23.3. The van der Waals surface area contributed by atoms with E-state index in [0.29, 0.717) is 34.3 Å². The average molecular weight is 460 g/mol. The van der Waals surface area contributed by atoms with Gasteiger partial charge in [-0.15, -0.1) is 0 Å². The number of carbonyl (C=O) groups excluding carboxylic acids is 2. The van der Waals surface area contributed by atoms with Gasteiger partial charge in [0, 0.05) is 19.2 Å². The number of methoxy groups -OCH3 is 2. The van der Waals surface area contributed by atoms with Crippen LogP contribution in [-0.4, -0.2) is 55.7 Å². The highest BCUT2D eigenvalue weighted by Gasteiger charge is 2.45. The van der Waals surface area contributed by atoms with Gasteiger partial charge in [0.1, 0.15) is 17.3 Å². The molecule has 1 fully saturated rings. The van der Waals surface area contributed by atoms with Gasteiger partial charge >= 0.3 is 0 Å². The molecule has 0 aromatic heterocycles. The number of aliphatic hydroxyl groups excluding tert-OH is 1. The first-order valence-electron chi connectivity index (χ1n) is 10.3. The molecular formula is C24H26ClNO6. The molecule has 0 spiro atoms. The maximum absolute atomic E-state index is 13.0. The highest BCUT2D eigenvalue weighted by atomic mass is 35.5. The van der Waals surface area contributed by atoms with Crippen molar-refractivity contribution >= 4 is 29.1 Å². The van der Waals surface area contributed by atoms with Gasteiger partial charge in [-0.2, -0.15) is 0 Å². The van der Waals surface area contributed by atoms with Gasteiger partial charge in [-0.05, 0) is 42.3 Å². The summed E-state index contributed by atoms with van der Waals surface area (Å²) in [6.07, 6.45) is 0.878. The number of hydrogen-bond acceptors (Lipinski definition) is 6. The van der Waals surface area contributed by atoms with Crippen molar-refractivity contribution in [2.24, 2.45) is 0 Å². The second-order valence-electron chi connectivity index (χ2n) is 7.25. The number of likely N-dealkylation sites (tertiary alicyclic amines) is 1. The number of nitrogens with zero attached hydrogens (tertiary/aromatic N) is 1. The number of Topliss-reactive ketones (excluding diaryl/α,β-unsaturated/α-hetero) is 1. The molecule has 170 valence electrons. The van der Waals surface area contributed by atoms with E-state index in [2.05, 4.69) is 0 Å². The summed E-state index contributed by atoms with van der Waals surface area (Å²) in [5, 5.41) is 11.5. The van der Waals surface area contributed by atoms with E-state index in [9.17, 15) is 14.7 Å². The van der Waals surface area contributed by atoms with Gasteiger partial charge in [0.2, 0.25) is 0 Å². The number of ketones is 1. The van der Waals surface area contributed by atoms with Crippen molar-refractivity contribution < 1.29 is 28.9 Å². The zero-order valence-electron chi connectivity index (χ0n) is 18.3. The molecule has 1 unspecified atom stereocenters. The van der Waals surface area contributed by atoms with Gasteiger partial charge in [0.05, 0.1) is 37.0 Å². The third kappa shape index (κ3) is 4.74. The number of amides is 1. The summed E-state index contributed by atoms with van der Waals surface area (Å²) in [6.45, 7) is 3.05. The molecule has 0 bridgehead atoms. The lowest BCUT2D eigenvalue weighted by Crippen LogP contribution is -2.32. The van der Waals surface area contributed by atoms with E-state index >= 15 is 0 Å². The monoisotopic (exact) mass is 459 g/mol. The minimum absolute atomic E-state index is 0.00212. The molecule has 2 aromatic rings. The van der Waals surface area contributed by atoms with Gasteiger partial charge < -0.3 is 24.2 Å². The van der Waals surface area contributed by atoms with Gasteiger partial charge in [0.15, 0.2) is 0 Å². The Morgan fingerprint density at radius 3 is 2.44 bits per heavy atom. The van der Waals surface area contributed by atoms with Crippen LogP contribution in [0.25, 0.3) is 5.76 Å². The molecule has 7 nitrogen and oxygen atoms in total. The standard InChI is InChI=1S/C24H26ClNO6/c1-4-12-32-17-8-5-15(6-9-17)21-20(23(28)24(29)26(21)11-13-30-2)22(27)16-7-10-18(25)19(14-16)31-3/h5-10,14,21,27H,4,11-13H2,1-3H3/b22-20-. The van der Waals surface area contributed by atoms with Crippen molar-refractivity contribution in [2.75, 3.05) is 34.0 Å². The molecule has 1 N–H and O–H groups in total. The summed E-state index contributed by atoms with van der Waals surface area (Å²) in [5.41, 5.74) is 0.994. The number of aliphatic hydroxyl groups is 1. The minimum Gasteiger partial charge on any atom is -0.507 e. The highest BCUT2D eigenvalue weighted by molar-refractivity contribution is 6.46. The van der Waals surface area contributed by atoms with Crippen molar-refractivity contribution in [3.63, 3.8) is 0 Å². The molecule has 0 aliphatic carbocycles. The van der Waals surface area contributed by atoms with E-state index in [1.54, 1.807) is 36.4 Å². The smallest absolute Gasteiger partial charge is 0.295 e. The van der Waals surface area contributed by atoms with Crippen LogP contribution in [0.3, 0.4) is 0 Å². The topological polar surface area (TPSA) is 85.3 Å². The molecule has 1 atom stereocenters. The van der Waals surface area contributed by atoms with Crippen molar-refractivity contribution in [3.05, 3.63) is 64.2 Å². The van der Waals surface area contributed by atoms with Crippen LogP contribution in [-0.2, 0) is 14.3 Å².